The summed E-state index contributed by atoms with van der Waals surface area (Å²) < 4.78 is 19.5. The van der Waals surface area contributed by atoms with Gasteiger partial charge in [0.2, 0.25) is 0 Å². The lowest BCUT2D eigenvalue weighted by molar-refractivity contribution is -0.155. The van der Waals surface area contributed by atoms with Crippen molar-refractivity contribution >= 4 is 64.5 Å². The summed E-state index contributed by atoms with van der Waals surface area (Å²) in [6.07, 6.45) is 6.75. The molecule has 5 fully saturated rings. The second-order valence-electron chi connectivity index (χ2n) is 12.9. The number of nitrogens with zero attached hydrogens (tertiary/aromatic N) is 4. The summed E-state index contributed by atoms with van der Waals surface area (Å²) in [5.74, 6) is 1.39. The summed E-state index contributed by atoms with van der Waals surface area (Å²) in [4.78, 5) is 61.6. The fourth-order valence-electron chi connectivity index (χ4n) is 7.23. The van der Waals surface area contributed by atoms with Crippen molar-refractivity contribution in [3.63, 3.8) is 0 Å². The van der Waals surface area contributed by atoms with Crippen molar-refractivity contribution in [1.82, 2.24) is 40.8 Å². The van der Waals surface area contributed by atoms with Crippen LogP contribution in [-0.2, 0) is 23.8 Å². The third kappa shape index (κ3) is 7.24. The third-order valence-corrected chi connectivity index (χ3v) is 12.7. The Hall–Kier alpha value is -3.51. The Morgan fingerprint density at radius 1 is 0.896 bits per heavy atom. The van der Waals surface area contributed by atoms with Crippen LogP contribution in [0.5, 0.6) is 0 Å². The van der Waals surface area contributed by atoms with Gasteiger partial charge in [-0.05, 0) is 25.7 Å². The number of thioether (sulfide) groups is 2. The maximum atomic E-state index is 13.0. The van der Waals surface area contributed by atoms with Crippen LogP contribution in [0.15, 0.2) is 12.7 Å². The van der Waals surface area contributed by atoms with E-state index in [4.69, 9.17) is 19.9 Å². The van der Waals surface area contributed by atoms with Crippen molar-refractivity contribution in [3.05, 3.63) is 12.7 Å². The molecule has 7 heterocycles. The number of aromatic nitrogens is 4. The number of anilines is 1. The van der Waals surface area contributed by atoms with Crippen molar-refractivity contribution in [2.75, 3.05) is 23.8 Å². The first kappa shape index (κ1) is 33.0. The predicted octanol–water partition coefficient (Wildman–Crippen LogP) is 1.60. The number of carbonyl (C=O) groups excluding carboxylic acids is 4. The number of ether oxygens (including phenoxy) is 3. The Balaban J connectivity index is 0.882. The summed E-state index contributed by atoms with van der Waals surface area (Å²) in [6.45, 7) is 0.0275. The molecule has 0 spiro atoms. The quantitative estimate of drug-likeness (QED) is 0.108. The lowest BCUT2D eigenvalue weighted by Crippen LogP contribution is -2.36. The Morgan fingerprint density at radius 3 is 2.21 bits per heavy atom. The van der Waals surface area contributed by atoms with E-state index in [0.29, 0.717) is 40.9 Å². The van der Waals surface area contributed by atoms with Crippen LogP contribution < -0.4 is 27.0 Å². The van der Waals surface area contributed by atoms with Crippen molar-refractivity contribution < 1.29 is 33.4 Å². The van der Waals surface area contributed by atoms with Gasteiger partial charge in [0.05, 0.1) is 36.6 Å². The number of esters is 2. The smallest absolute Gasteiger partial charge is 0.315 e. The summed E-state index contributed by atoms with van der Waals surface area (Å²) in [7, 11) is 0. The molecular weight excluding hydrogens is 663 g/mol. The van der Waals surface area contributed by atoms with Crippen molar-refractivity contribution in [3.8, 4) is 0 Å². The largest absolute Gasteiger partial charge is 0.463 e. The number of nitrogen functional groups attached to an aromatic ring is 1. The van der Waals surface area contributed by atoms with E-state index in [1.165, 1.54) is 12.7 Å². The highest BCUT2D eigenvalue weighted by atomic mass is 32.2. The van der Waals surface area contributed by atoms with Crippen molar-refractivity contribution in [2.24, 2.45) is 0 Å². The number of rotatable bonds is 14. The van der Waals surface area contributed by atoms with Crippen LogP contribution in [-0.4, -0.2) is 109 Å². The zero-order valence-electron chi connectivity index (χ0n) is 26.4. The lowest BCUT2D eigenvalue weighted by atomic mass is 10.0. The van der Waals surface area contributed by atoms with E-state index in [0.717, 1.165) is 37.2 Å². The number of urea groups is 2. The topological polar surface area (TPSA) is 214 Å². The number of hydrogen-bond donors (Lipinski definition) is 5. The molecule has 0 aromatic carbocycles. The summed E-state index contributed by atoms with van der Waals surface area (Å²) in [6, 6.07) is 0.447. The monoisotopic (exact) mass is 703 g/mol. The van der Waals surface area contributed by atoms with Crippen molar-refractivity contribution in [2.45, 2.75) is 111 Å². The summed E-state index contributed by atoms with van der Waals surface area (Å²) >= 11 is 3.71. The molecule has 7 rings (SSSR count). The highest BCUT2D eigenvalue weighted by Crippen LogP contribution is 2.36. The molecule has 4 amide bonds. The van der Waals surface area contributed by atoms with Crippen LogP contribution in [0.1, 0.15) is 64.0 Å². The third-order valence-electron chi connectivity index (χ3n) is 9.63. The molecule has 0 bridgehead atoms. The van der Waals surface area contributed by atoms with Gasteiger partial charge in [0.25, 0.3) is 0 Å². The molecular formula is C30H41N9O7S2. The van der Waals surface area contributed by atoms with E-state index in [2.05, 4.69) is 36.2 Å². The predicted molar refractivity (Wildman–Crippen MR) is 177 cm³/mol. The number of hydrogen-bond acceptors (Lipinski definition) is 13. The first-order valence-electron chi connectivity index (χ1n) is 16.6. The van der Waals surface area contributed by atoms with Gasteiger partial charge in [0.15, 0.2) is 17.7 Å². The van der Waals surface area contributed by atoms with Gasteiger partial charge in [-0.2, -0.15) is 23.5 Å². The first-order valence-corrected chi connectivity index (χ1v) is 18.7. The molecule has 6 N–H and O–H groups in total. The fourth-order valence-corrected chi connectivity index (χ4v) is 10.3. The minimum absolute atomic E-state index is 0.0275. The summed E-state index contributed by atoms with van der Waals surface area (Å²) in [5, 5.41) is 12.6. The van der Waals surface area contributed by atoms with Crippen LogP contribution in [0.3, 0.4) is 0 Å². The molecule has 2 unspecified atom stereocenters. The second kappa shape index (κ2) is 14.5. The molecule has 18 heteroatoms. The van der Waals surface area contributed by atoms with Crippen LogP contribution in [0, 0.1) is 0 Å². The molecule has 0 saturated carbocycles. The highest BCUT2D eigenvalue weighted by Gasteiger charge is 2.44. The van der Waals surface area contributed by atoms with Gasteiger partial charge in [-0.15, -0.1) is 0 Å². The minimum Gasteiger partial charge on any atom is -0.463 e. The summed E-state index contributed by atoms with van der Waals surface area (Å²) in [5.41, 5.74) is 6.86. The van der Waals surface area contributed by atoms with Gasteiger partial charge in [-0.1, -0.05) is 12.8 Å². The molecule has 16 nitrogen and oxygen atoms in total. The number of imidazole rings is 1. The van der Waals surface area contributed by atoms with Crippen LogP contribution in [0.2, 0.25) is 0 Å². The minimum atomic E-state index is -0.736. The Morgan fingerprint density at radius 2 is 1.54 bits per heavy atom. The molecule has 9 atom stereocenters. The van der Waals surface area contributed by atoms with Gasteiger partial charge < -0.3 is 41.2 Å². The second-order valence-corrected chi connectivity index (χ2v) is 15.5. The normalized spacial score (nSPS) is 32.0. The molecule has 5 aliphatic rings. The number of nitrogens with one attached hydrogen (secondary N) is 4. The Labute approximate surface area is 285 Å². The number of fused-ring (bicyclic) bond motifs is 3. The van der Waals surface area contributed by atoms with E-state index in [-0.39, 0.29) is 73.4 Å². The molecule has 5 aliphatic heterocycles. The molecule has 2 aromatic rings. The average Bonchev–Trinajstić information content (AvgIpc) is 3.90. The van der Waals surface area contributed by atoms with Crippen LogP contribution in [0.25, 0.3) is 11.2 Å². The molecule has 48 heavy (non-hydrogen) atoms. The average molecular weight is 704 g/mol. The fraction of sp³-hybridized carbons (Fsp3) is 0.700. The molecule has 5 saturated heterocycles. The van der Waals surface area contributed by atoms with E-state index < -0.39 is 18.4 Å². The number of nitrogens with two attached hydrogens (primary N) is 1. The molecule has 0 aliphatic carbocycles. The zero-order valence-corrected chi connectivity index (χ0v) is 28.0. The zero-order chi connectivity index (χ0) is 33.2. The highest BCUT2D eigenvalue weighted by molar-refractivity contribution is 8.00. The van der Waals surface area contributed by atoms with Gasteiger partial charge >= 0.3 is 24.0 Å². The molecule has 0 radical (unpaired) electrons. The SMILES string of the molecule is Nc1ncnc2c1ncn2[C@@H]1O[C@H](COC(=O)CCCC[C@@H]2SC[C@@H]3NC(=O)N[C@@H]32)CC1OC(=O)CCCC[C@@H]1SC[C@@H]2NC(=O)NC21. The van der Waals surface area contributed by atoms with Gasteiger partial charge in [-0.3, -0.25) is 14.2 Å². The van der Waals surface area contributed by atoms with Gasteiger partial charge in [0, 0.05) is 41.3 Å². The standard InChI is InChI=1S/C30H41N9O7S2/c31-26-25-27(33-13-32-26)39(14-34-25)28-18(46-22(41)8-4-2-6-20-24-17(12-48-20)36-30(43)38-24)9-15(45-28)10-44-21(40)7-3-1-5-19-23-16(11-47-19)35-29(42)37-23/h13-20,23-24,28H,1-12H2,(H2,31,32,33)(H2,35,37,42)(H2,36,38,43)/t15-,16-,17-,18?,19-,20-,23-,24?,28+/m0/s1. The number of unbranched alkanes of at least 4 members (excludes halogenated alkanes) is 2. The van der Waals surface area contributed by atoms with E-state index in [1.54, 1.807) is 4.57 Å². The number of amides is 4. The van der Waals surface area contributed by atoms with Gasteiger partial charge in [-0.25, -0.2) is 24.5 Å². The van der Waals surface area contributed by atoms with Gasteiger partial charge in [0.1, 0.15) is 24.6 Å². The maximum Gasteiger partial charge on any atom is 0.315 e. The maximum absolute atomic E-state index is 13.0. The van der Waals surface area contributed by atoms with Crippen LogP contribution >= 0.6 is 23.5 Å². The lowest BCUT2D eigenvalue weighted by Gasteiger charge is -2.21. The van der Waals surface area contributed by atoms with Crippen LogP contribution in [0.4, 0.5) is 15.4 Å². The Kier molecular flexibility index (Phi) is 10.00. The first-order chi connectivity index (χ1) is 23.3. The van der Waals surface area contributed by atoms with E-state index in [9.17, 15) is 19.2 Å². The molecule has 2 aromatic heterocycles. The molecule has 260 valence electrons. The Bertz CT molecular complexity index is 1530. The number of carbonyl (C=O) groups is 4. The van der Waals surface area contributed by atoms with E-state index >= 15 is 0 Å². The van der Waals surface area contributed by atoms with Crippen molar-refractivity contribution in [1.29, 1.82) is 0 Å². The van der Waals surface area contributed by atoms with E-state index in [1.807, 2.05) is 23.5 Å².